The molecule has 4 rings (SSSR count). The fourth-order valence-electron chi connectivity index (χ4n) is 3.14. The van der Waals surface area contributed by atoms with Gasteiger partial charge >= 0.3 is 5.69 Å². The van der Waals surface area contributed by atoms with Gasteiger partial charge in [0.1, 0.15) is 0 Å². The molecule has 4 aromatic rings. The molecule has 0 saturated heterocycles. The summed E-state index contributed by atoms with van der Waals surface area (Å²) in [5.74, 6) is 0.0711. The van der Waals surface area contributed by atoms with Gasteiger partial charge in [-0.1, -0.05) is 35.9 Å². The lowest BCUT2D eigenvalue weighted by Crippen LogP contribution is -2.15. The first-order valence-corrected chi connectivity index (χ1v) is 10.3. The van der Waals surface area contributed by atoms with Crippen LogP contribution in [0.4, 0.5) is 11.5 Å². The number of benzene rings is 2. The number of amides is 1. The minimum absolute atomic E-state index is 0.0918. The smallest absolute Gasteiger partial charge is 0.311 e. The highest BCUT2D eigenvalue weighted by Crippen LogP contribution is 2.26. The van der Waals surface area contributed by atoms with Gasteiger partial charge in [0, 0.05) is 29.0 Å². The molecule has 0 aliphatic rings. The number of halogens is 1. The molecule has 11 heteroatoms. The van der Waals surface area contributed by atoms with Crippen molar-refractivity contribution in [1.82, 2.24) is 19.6 Å². The van der Waals surface area contributed by atoms with Crippen LogP contribution in [0.15, 0.2) is 66.9 Å². The molecule has 1 N–H and O–H groups in total. The van der Waals surface area contributed by atoms with E-state index in [0.29, 0.717) is 17.4 Å². The largest absolute Gasteiger partial charge is 0.464 e. The molecule has 0 aliphatic heterocycles. The van der Waals surface area contributed by atoms with E-state index in [9.17, 15) is 14.9 Å². The minimum Gasteiger partial charge on any atom is -0.464 e. The highest BCUT2D eigenvalue weighted by Gasteiger charge is 2.16. The van der Waals surface area contributed by atoms with Crippen LogP contribution in [0.1, 0.15) is 21.7 Å². The molecule has 2 aromatic heterocycles. The van der Waals surface area contributed by atoms with Crippen molar-refractivity contribution in [3.8, 4) is 5.75 Å². The number of nitro benzene ring substituents is 1. The van der Waals surface area contributed by atoms with E-state index in [1.54, 1.807) is 35.1 Å². The Morgan fingerprint density at radius 1 is 1.15 bits per heavy atom. The van der Waals surface area contributed by atoms with Gasteiger partial charge in [0.05, 0.1) is 11.5 Å². The number of nitrogens with zero attached hydrogens (tertiary/aromatic N) is 5. The Morgan fingerprint density at radius 2 is 1.97 bits per heavy atom. The predicted molar refractivity (Wildman–Crippen MR) is 121 cm³/mol. The quantitative estimate of drug-likeness (QED) is 0.306. The first kappa shape index (κ1) is 22.0. The normalized spacial score (nSPS) is 10.7. The second-order valence-corrected chi connectivity index (χ2v) is 7.59. The van der Waals surface area contributed by atoms with Crippen molar-refractivity contribution in [2.75, 3.05) is 5.32 Å². The second-order valence-electron chi connectivity index (χ2n) is 7.15. The predicted octanol–water partition coefficient (Wildman–Crippen LogP) is 4.29. The number of anilines is 1. The lowest BCUT2D eigenvalue weighted by atomic mass is 10.2. The Balaban J connectivity index is 1.39. The second kappa shape index (κ2) is 9.53. The Kier molecular flexibility index (Phi) is 6.36. The SMILES string of the molecule is Cc1cc(NC(=O)c2ccn(COc3ccccc3[N+](=O)[O-])n2)nn1Cc1cccc(Cl)c1. The van der Waals surface area contributed by atoms with Crippen molar-refractivity contribution in [3.63, 3.8) is 0 Å². The van der Waals surface area contributed by atoms with Crippen molar-refractivity contribution < 1.29 is 14.5 Å². The zero-order valence-corrected chi connectivity index (χ0v) is 18.3. The number of nitro groups is 1. The third-order valence-electron chi connectivity index (χ3n) is 4.73. The minimum atomic E-state index is -0.523. The molecule has 168 valence electrons. The van der Waals surface area contributed by atoms with Crippen molar-refractivity contribution in [2.45, 2.75) is 20.2 Å². The average molecular weight is 467 g/mol. The molecule has 1 amide bonds. The van der Waals surface area contributed by atoms with E-state index in [1.807, 2.05) is 25.1 Å². The van der Waals surface area contributed by atoms with Gasteiger partial charge < -0.3 is 10.1 Å². The van der Waals surface area contributed by atoms with Gasteiger partial charge in [-0.05, 0) is 36.8 Å². The van der Waals surface area contributed by atoms with Gasteiger partial charge in [0.25, 0.3) is 5.91 Å². The Labute approximate surface area is 193 Å². The van der Waals surface area contributed by atoms with Crippen molar-refractivity contribution in [2.24, 2.45) is 0 Å². The summed E-state index contributed by atoms with van der Waals surface area (Å²) in [7, 11) is 0. The van der Waals surface area contributed by atoms with Crippen LogP contribution < -0.4 is 10.1 Å². The maximum Gasteiger partial charge on any atom is 0.311 e. The number of carbonyl (C=O) groups excluding carboxylic acids is 1. The first-order chi connectivity index (χ1) is 15.9. The van der Waals surface area contributed by atoms with E-state index in [1.165, 1.54) is 22.9 Å². The number of carbonyl (C=O) groups is 1. The van der Waals surface area contributed by atoms with E-state index in [4.69, 9.17) is 16.3 Å². The van der Waals surface area contributed by atoms with E-state index >= 15 is 0 Å². The number of para-hydroxylation sites is 2. The van der Waals surface area contributed by atoms with E-state index in [2.05, 4.69) is 15.5 Å². The van der Waals surface area contributed by atoms with Crippen molar-refractivity contribution >= 4 is 29.0 Å². The molecular weight excluding hydrogens is 448 g/mol. The summed E-state index contributed by atoms with van der Waals surface area (Å²) in [6.45, 7) is 2.31. The Bertz CT molecular complexity index is 1320. The summed E-state index contributed by atoms with van der Waals surface area (Å²) < 4.78 is 8.62. The Morgan fingerprint density at radius 3 is 2.76 bits per heavy atom. The Hall–Kier alpha value is -4.18. The van der Waals surface area contributed by atoms with Crippen LogP contribution in [0, 0.1) is 17.0 Å². The fraction of sp³-hybridized carbons (Fsp3) is 0.136. The van der Waals surface area contributed by atoms with E-state index < -0.39 is 10.8 Å². The molecule has 0 unspecified atom stereocenters. The summed E-state index contributed by atoms with van der Waals surface area (Å²) >= 11 is 6.04. The maximum atomic E-state index is 12.6. The van der Waals surface area contributed by atoms with Crippen LogP contribution in [-0.2, 0) is 13.3 Å². The zero-order chi connectivity index (χ0) is 23.4. The molecule has 0 radical (unpaired) electrons. The number of hydrogen-bond acceptors (Lipinski definition) is 6. The third-order valence-corrected chi connectivity index (χ3v) is 4.97. The molecule has 0 spiro atoms. The molecular formula is C22H19ClN6O4. The first-order valence-electron chi connectivity index (χ1n) is 9.89. The molecule has 33 heavy (non-hydrogen) atoms. The molecule has 0 bridgehead atoms. The number of hydrogen-bond donors (Lipinski definition) is 1. The number of aromatic nitrogens is 4. The lowest BCUT2D eigenvalue weighted by molar-refractivity contribution is -0.386. The van der Waals surface area contributed by atoms with Gasteiger partial charge in [-0.2, -0.15) is 10.2 Å². The third kappa shape index (κ3) is 5.36. The number of rotatable bonds is 8. The van der Waals surface area contributed by atoms with Gasteiger partial charge in [-0.25, -0.2) is 4.68 Å². The number of aryl methyl sites for hydroxylation is 1. The van der Waals surface area contributed by atoms with Crippen LogP contribution in [0.2, 0.25) is 5.02 Å². The van der Waals surface area contributed by atoms with Crippen molar-refractivity contribution in [3.05, 3.63) is 98.9 Å². The average Bonchev–Trinajstić information content (AvgIpc) is 3.39. The zero-order valence-electron chi connectivity index (χ0n) is 17.5. The molecule has 2 aromatic carbocycles. The van der Waals surface area contributed by atoms with Gasteiger partial charge in [0.15, 0.2) is 24.0 Å². The number of ether oxygens (including phenoxy) is 1. The summed E-state index contributed by atoms with van der Waals surface area (Å²) in [5, 5.41) is 23.0. The van der Waals surface area contributed by atoms with Crippen LogP contribution in [0.5, 0.6) is 5.75 Å². The fourth-order valence-corrected chi connectivity index (χ4v) is 3.35. The van der Waals surface area contributed by atoms with Crippen LogP contribution in [-0.4, -0.2) is 30.4 Å². The molecule has 2 heterocycles. The van der Waals surface area contributed by atoms with Gasteiger partial charge in [-0.15, -0.1) is 0 Å². The van der Waals surface area contributed by atoms with Crippen LogP contribution in [0.25, 0.3) is 0 Å². The molecule has 0 aliphatic carbocycles. The molecule has 0 atom stereocenters. The monoisotopic (exact) mass is 466 g/mol. The lowest BCUT2D eigenvalue weighted by Gasteiger charge is -2.06. The summed E-state index contributed by atoms with van der Waals surface area (Å²) in [5.41, 5.74) is 1.87. The molecule has 10 nitrogen and oxygen atoms in total. The summed E-state index contributed by atoms with van der Waals surface area (Å²) in [6, 6.07) is 16.8. The highest BCUT2D eigenvalue weighted by atomic mass is 35.5. The number of nitrogens with one attached hydrogen (secondary N) is 1. The van der Waals surface area contributed by atoms with Crippen molar-refractivity contribution in [1.29, 1.82) is 0 Å². The standard InChI is InChI=1S/C22H19ClN6O4/c1-15-11-21(26-28(15)13-16-5-4-6-17(23)12-16)24-22(30)18-9-10-27(25-18)14-33-20-8-3-2-7-19(20)29(31)32/h2-12H,13-14H2,1H3,(H,24,26,30). The van der Waals surface area contributed by atoms with E-state index in [-0.39, 0.29) is 23.9 Å². The van der Waals surface area contributed by atoms with Gasteiger partial charge in [0.2, 0.25) is 0 Å². The van der Waals surface area contributed by atoms with Gasteiger partial charge in [-0.3, -0.25) is 19.6 Å². The molecule has 0 fully saturated rings. The highest BCUT2D eigenvalue weighted by molar-refractivity contribution is 6.30. The summed E-state index contributed by atoms with van der Waals surface area (Å²) in [6.07, 6.45) is 1.55. The van der Waals surface area contributed by atoms with Crippen LogP contribution >= 0.6 is 11.6 Å². The van der Waals surface area contributed by atoms with Crippen LogP contribution in [0.3, 0.4) is 0 Å². The maximum absolute atomic E-state index is 12.6. The molecule has 0 saturated carbocycles. The van der Waals surface area contributed by atoms with E-state index in [0.717, 1.165) is 11.3 Å². The summed E-state index contributed by atoms with van der Waals surface area (Å²) in [4.78, 5) is 23.1. The topological polar surface area (TPSA) is 117 Å².